The Bertz CT molecular complexity index is 246. The molecule has 0 saturated heterocycles. The van der Waals surface area contributed by atoms with Gasteiger partial charge in [0.2, 0.25) is 0 Å². The number of urea groups is 1. The number of amides is 2. The summed E-state index contributed by atoms with van der Waals surface area (Å²) in [4.78, 5) is 10.5. The number of carbonyl (C=O) groups is 1. The highest BCUT2D eigenvalue weighted by molar-refractivity contribution is 5.86. The van der Waals surface area contributed by atoms with Crippen LogP contribution < -0.4 is 11.2 Å². The Morgan fingerprint density at radius 2 is 1.79 bits per heavy atom. The number of nitrogens with two attached hydrogens (primary N) is 1. The van der Waals surface area contributed by atoms with Gasteiger partial charge in [0.25, 0.3) is 0 Å². The number of hydrazone groups is 1. The Balaban J connectivity index is 1.88. The Labute approximate surface area is 83.9 Å². The van der Waals surface area contributed by atoms with Crippen LogP contribution in [0.4, 0.5) is 4.79 Å². The molecule has 14 heavy (non-hydrogen) atoms. The summed E-state index contributed by atoms with van der Waals surface area (Å²) in [5.41, 5.74) is 8.39. The lowest BCUT2D eigenvalue weighted by Crippen LogP contribution is -2.25. The fraction of sp³-hybridized carbons (Fsp3) is 0.800. The Kier molecular flexibility index (Phi) is 2.70. The van der Waals surface area contributed by atoms with E-state index in [1.165, 1.54) is 25.7 Å². The summed E-state index contributed by atoms with van der Waals surface area (Å²) < 4.78 is 0. The molecule has 0 aromatic rings. The second kappa shape index (κ2) is 3.98. The highest BCUT2D eigenvalue weighted by Crippen LogP contribution is 2.42. The number of carbonyl (C=O) groups excluding carboxylic acids is 1. The highest BCUT2D eigenvalue weighted by atomic mass is 16.2. The maximum Gasteiger partial charge on any atom is 0.332 e. The molecular weight excluding hydrogens is 178 g/mol. The Morgan fingerprint density at radius 3 is 2.21 bits per heavy atom. The molecular formula is C10H17N3O. The van der Waals surface area contributed by atoms with Gasteiger partial charge in [-0.2, -0.15) is 5.10 Å². The van der Waals surface area contributed by atoms with Gasteiger partial charge in [-0.1, -0.05) is 0 Å². The van der Waals surface area contributed by atoms with Crippen LogP contribution in [0.15, 0.2) is 5.10 Å². The first-order chi connectivity index (χ1) is 6.75. The highest BCUT2D eigenvalue weighted by Gasteiger charge is 2.32. The third kappa shape index (κ3) is 2.05. The average Bonchev–Trinajstić information content (AvgIpc) is 2.23. The molecule has 0 unspecified atom stereocenters. The summed E-state index contributed by atoms with van der Waals surface area (Å²) in [6.07, 6.45) is 7.32. The van der Waals surface area contributed by atoms with Gasteiger partial charge < -0.3 is 5.73 Å². The van der Waals surface area contributed by atoms with Crippen molar-refractivity contribution < 1.29 is 4.79 Å². The molecule has 2 fully saturated rings. The van der Waals surface area contributed by atoms with E-state index in [0.29, 0.717) is 0 Å². The predicted molar refractivity (Wildman–Crippen MR) is 54.8 cm³/mol. The van der Waals surface area contributed by atoms with Gasteiger partial charge in [-0.25, -0.2) is 10.2 Å². The molecule has 4 heteroatoms. The lowest BCUT2D eigenvalue weighted by atomic mass is 9.71. The summed E-state index contributed by atoms with van der Waals surface area (Å²) in [5, 5.41) is 4.03. The Morgan fingerprint density at radius 1 is 1.21 bits per heavy atom. The summed E-state index contributed by atoms with van der Waals surface area (Å²) in [6.45, 7) is 0. The number of rotatable bonds is 1. The van der Waals surface area contributed by atoms with Gasteiger partial charge in [0.05, 0.1) is 0 Å². The number of primary amides is 1. The molecule has 4 nitrogen and oxygen atoms in total. The van der Waals surface area contributed by atoms with E-state index in [-0.39, 0.29) is 0 Å². The van der Waals surface area contributed by atoms with Crippen LogP contribution >= 0.6 is 0 Å². The molecule has 0 radical (unpaired) electrons. The first-order valence-corrected chi connectivity index (χ1v) is 5.36. The van der Waals surface area contributed by atoms with Gasteiger partial charge >= 0.3 is 6.03 Å². The molecule has 0 aromatic carbocycles. The van der Waals surface area contributed by atoms with Gasteiger partial charge in [0.1, 0.15) is 0 Å². The quantitative estimate of drug-likeness (QED) is 0.613. The second-order valence-corrected chi connectivity index (χ2v) is 4.33. The maximum atomic E-state index is 10.5. The molecule has 3 N–H and O–H groups in total. The summed E-state index contributed by atoms with van der Waals surface area (Å²) in [5.74, 6) is 1.85. The first-order valence-electron chi connectivity index (χ1n) is 5.36. The van der Waals surface area contributed by atoms with E-state index in [4.69, 9.17) is 5.73 Å². The fourth-order valence-electron chi connectivity index (χ4n) is 2.47. The largest absolute Gasteiger partial charge is 0.350 e. The van der Waals surface area contributed by atoms with Crippen molar-refractivity contribution in [3.8, 4) is 0 Å². The standard InChI is InChI=1S/C10H17N3O/c11-10(14)13-12-9-5-3-7-1-2-8(7)4-6-9/h7-8H,1-6H2,(H3,11,13,14)/t7-,8-/m1/s1. The van der Waals surface area contributed by atoms with Gasteiger partial charge in [-0.15, -0.1) is 0 Å². The van der Waals surface area contributed by atoms with Crippen molar-refractivity contribution in [3.05, 3.63) is 0 Å². The predicted octanol–water partition coefficient (Wildman–Crippen LogP) is 1.61. The van der Waals surface area contributed by atoms with Crippen molar-refractivity contribution in [2.75, 3.05) is 0 Å². The van der Waals surface area contributed by atoms with Crippen molar-refractivity contribution in [2.45, 2.75) is 38.5 Å². The zero-order valence-corrected chi connectivity index (χ0v) is 8.33. The summed E-state index contributed by atoms with van der Waals surface area (Å²) in [6, 6.07) is -0.565. The van der Waals surface area contributed by atoms with Crippen LogP contribution in [-0.2, 0) is 0 Å². The van der Waals surface area contributed by atoms with Crippen LogP contribution in [0.25, 0.3) is 0 Å². The van der Waals surface area contributed by atoms with E-state index >= 15 is 0 Å². The fourth-order valence-corrected chi connectivity index (χ4v) is 2.47. The van der Waals surface area contributed by atoms with Crippen molar-refractivity contribution in [3.63, 3.8) is 0 Å². The van der Waals surface area contributed by atoms with Gasteiger partial charge in [0.15, 0.2) is 0 Å². The lowest BCUT2D eigenvalue weighted by Gasteiger charge is -2.34. The van der Waals surface area contributed by atoms with E-state index in [1.54, 1.807) is 0 Å². The normalized spacial score (nSPS) is 31.0. The third-order valence-corrected chi connectivity index (χ3v) is 3.51. The molecule has 2 saturated carbocycles. The smallest absolute Gasteiger partial charge is 0.332 e. The number of hydrogen-bond donors (Lipinski definition) is 2. The molecule has 2 amide bonds. The van der Waals surface area contributed by atoms with Crippen LogP contribution in [0.1, 0.15) is 38.5 Å². The summed E-state index contributed by atoms with van der Waals surface area (Å²) >= 11 is 0. The third-order valence-electron chi connectivity index (χ3n) is 3.51. The van der Waals surface area contributed by atoms with Crippen LogP contribution in [0.3, 0.4) is 0 Å². The molecule has 0 spiro atoms. The van der Waals surface area contributed by atoms with Crippen LogP contribution in [0.2, 0.25) is 0 Å². The van der Waals surface area contributed by atoms with E-state index < -0.39 is 6.03 Å². The van der Waals surface area contributed by atoms with Gasteiger partial charge in [0, 0.05) is 5.71 Å². The Hall–Kier alpha value is -1.06. The zero-order valence-electron chi connectivity index (χ0n) is 8.33. The molecule has 0 aromatic heterocycles. The molecule has 2 aliphatic rings. The van der Waals surface area contributed by atoms with E-state index in [9.17, 15) is 4.79 Å². The minimum absolute atomic E-state index is 0.565. The van der Waals surface area contributed by atoms with Crippen molar-refractivity contribution >= 4 is 11.7 Å². The van der Waals surface area contributed by atoms with Gasteiger partial charge in [-0.05, 0) is 50.4 Å². The van der Waals surface area contributed by atoms with Crippen LogP contribution in [-0.4, -0.2) is 11.7 Å². The van der Waals surface area contributed by atoms with Crippen molar-refractivity contribution in [2.24, 2.45) is 22.7 Å². The van der Waals surface area contributed by atoms with Crippen molar-refractivity contribution in [1.29, 1.82) is 0 Å². The zero-order chi connectivity index (χ0) is 9.97. The molecule has 2 rings (SSSR count). The average molecular weight is 195 g/mol. The second-order valence-electron chi connectivity index (χ2n) is 4.33. The van der Waals surface area contributed by atoms with Gasteiger partial charge in [-0.3, -0.25) is 0 Å². The number of nitrogens with zero attached hydrogens (tertiary/aromatic N) is 1. The monoisotopic (exact) mass is 195 g/mol. The van der Waals surface area contributed by atoms with E-state index in [0.717, 1.165) is 30.4 Å². The maximum absolute atomic E-state index is 10.5. The van der Waals surface area contributed by atoms with Crippen molar-refractivity contribution in [1.82, 2.24) is 5.43 Å². The first kappa shape index (κ1) is 9.49. The number of nitrogens with one attached hydrogen (secondary N) is 1. The molecule has 2 aliphatic carbocycles. The molecule has 0 heterocycles. The number of fused-ring (bicyclic) bond motifs is 1. The molecule has 0 aliphatic heterocycles. The van der Waals surface area contributed by atoms with E-state index in [1.807, 2.05) is 0 Å². The summed E-state index contributed by atoms with van der Waals surface area (Å²) in [7, 11) is 0. The number of hydrogen-bond acceptors (Lipinski definition) is 2. The minimum atomic E-state index is -0.565. The SMILES string of the molecule is NC(=O)NN=C1CC[C@H]2CC[C@@H]2CC1. The van der Waals surface area contributed by atoms with E-state index in [2.05, 4.69) is 10.5 Å². The van der Waals surface area contributed by atoms with Crippen LogP contribution in [0, 0.1) is 11.8 Å². The van der Waals surface area contributed by atoms with Crippen LogP contribution in [0.5, 0.6) is 0 Å². The molecule has 0 bridgehead atoms. The minimum Gasteiger partial charge on any atom is -0.350 e. The molecule has 78 valence electrons. The lowest BCUT2D eigenvalue weighted by molar-refractivity contribution is 0.165. The topological polar surface area (TPSA) is 67.5 Å². The molecule has 2 atom stereocenters.